The van der Waals surface area contributed by atoms with Crippen LogP contribution in [0, 0.1) is 0 Å². The second kappa shape index (κ2) is 4.57. The van der Waals surface area contributed by atoms with Crippen LogP contribution in [-0.4, -0.2) is 33.3 Å². The molecule has 0 radical (unpaired) electrons. The summed E-state index contributed by atoms with van der Waals surface area (Å²) in [5, 5.41) is 12.9. The van der Waals surface area contributed by atoms with E-state index in [0.717, 1.165) is 32.4 Å². The first-order valence-corrected chi connectivity index (χ1v) is 5.23. The number of nitrogens with one attached hydrogen (secondary N) is 1. The second-order valence-corrected chi connectivity index (χ2v) is 3.86. The first kappa shape index (κ1) is 9.68. The lowest BCUT2D eigenvalue weighted by Gasteiger charge is -2.16. The van der Waals surface area contributed by atoms with Crippen molar-refractivity contribution in [2.45, 2.75) is 38.0 Å². The summed E-state index contributed by atoms with van der Waals surface area (Å²) < 4.78 is 2.04. The summed E-state index contributed by atoms with van der Waals surface area (Å²) >= 11 is 0. The van der Waals surface area contributed by atoms with Crippen LogP contribution in [0.2, 0.25) is 0 Å². The van der Waals surface area contributed by atoms with E-state index in [1.807, 2.05) is 17.1 Å². The minimum atomic E-state index is -0.141. The van der Waals surface area contributed by atoms with Crippen LogP contribution >= 0.6 is 0 Å². The van der Waals surface area contributed by atoms with Gasteiger partial charge in [0, 0.05) is 31.5 Å². The molecule has 14 heavy (non-hydrogen) atoms. The Hall–Kier alpha value is -0.870. The molecule has 2 unspecified atom stereocenters. The number of nitrogens with zero attached hydrogens (tertiary/aromatic N) is 2. The van der Waals surface area contributed by atoms with Gasteiger partial charge >= 0.3 is 0 Å². The molecule has 78 valence electrons. The van der Waals surface area contributed by atoms with Gasteiger partial charge in [-0.25, -0.2) is 4.98 Å². The fourth-order valence-corrected chi connectivity index (χ4v) is 1.98. The van der Waals surface area contributed by atoms with Crippen molar-refractivity contribution in [3.05, 3.63) is 18.7 Å². The van der Waals surface area contributed by atoms with Crippen molar-refractivity contribution in [2.24, 2.45) is 0 Å². The lowest BCUT2D eigenvalue weighted by atomic mass is 10.2. The van der Waals surface area contributed by atoms with E-state index in [-0.39, 0.29) is 6.10 Å². The van der Waals surface area contributed by atoms with E-state index in [2.05, 4.69) is 10.3 Å². The molecule has 1 fully saturated rings. The SMILES string of the molecule is OC1CCCC1NCCn1ccnc1. The molecule has 1 aliphatic carbocycles. The zero-order valence-corrected chi connectivity index (χ0v) is 8.26. The molecule has 1 aromatic heterocycles. The molecule has 1 saturated carbocycles. The van der Waals surface area contributed by atoms with Crippen molar-refractivity contribution >= 4 is 0 Å². The average Bonchev–Trinajstić information content (AvgIpc) is 2.78. The van der Waals surface area contributed by atoms with E-state index in [0.29, 0.717) is 6.04 Å². The summed E-state index contributed by atoms with van der Waals surface area (Å²) in [6.45, 7) is 1.82. The van der Waals surface area contributed by atoms with E-state index in [1.165, 1.54) is 0 Å². The molecule has 4 heteroatoms. The van der Waals surface area contributed by atoms with Crippen molar-refractivity contribution in [3.8, 4) is 0 Å². The van der Waals surface area contributed by atoms with Crippen molar-refractivity contribution in [2.75, 3.05) is 6.54 Å². The third-order valence-corrected chi connectivity index (χ3v) is 2.82. The number of hydrogen-bond donors (Lipinski definition) is 2. The first-order chi connectivity index (χ1) is 6.86. The van der Waals surface area contributed by atoms with Crippen LogP contribution in [0.3, 0.4) is 0 Å². The molecule has 0 spiro atoms. The largest absolute Gasteiger partial charge is 0.392 e. The third kappa shape index (κ3) is 2.33. The summed E-state index contributed by atoms with van der Waals surface area (Å²) in [5.74, 6) is 0. The van der Waals surface area contributed by atoms with Gasteiger partial charge < -0.3 is 15.0 Å². The van der Waals surface area contributed by atoms with Gasteiger partial charge in [-0.15, -0.1) is 0 Å². The van der Waals surface area contributed by atoms with E-state index in [9.17, 15) is 5.11 Å². The minimum absolute atomic E-state index is 0.141. The molecule has 1 aliphatic rings. The Bertz CT molecular complexity index is 260. The van der Waals surface area contributed by atoms with E-state index in [4.69, 9.17) is 0 Å². The Morgan fingerprint density at radius 1 is 1.50 bits per heavy atom. The van der Waals surface area contributed by atoms with Gasteiger partial charge in [-0.3, -0.25) is 0 Å². The molecule has 2 N–H and O–H groups in total. The highest BCUT2D eigenvalue weighted by Crippen LogP contribution is 2.18. The van der Waals surface area contributed by atoms with Gasteiger partial charge in [0.1, 0.15) is 0 Å². The van der Waals surface area contributed by atoms with Crippen LogP contribution in [0.15, 0.2) is 18.7 Å². The quantitative estimate of drug-likeness (QED) is 0.730. The number of imidazole rings is 1. The molecule has 1 aromatic rings. The molecule has 2 rings (SSSR count). The minimum Gasteiger partial charge on any atom is -0.392 e. The zero-order valence-electron chi connectivity index (χ0n) is 8.26. The van der Waals surface area contributed by atoms with Gasteiger partial charge in [-0.1, -0.05) is 0 Å². The summed E-state index contributed by atoms with van der Waals surface area (Å²) in [6, 6.07) is 0.304. The fraction of sp³-hybridized carbons (Fsp3) is 0.700. The smallest absolute Gasteiger partial charge is 0.0946 e. The van der Waals surface area contributed by atoms with Gasteiger partial charge in [0.15, 0.2) is 0 Å². The number of aromatic nitrogens is 2. The number of rotatable bonds is 4. The Balaban J connectivity index is 1.68. The van der Waals surface area contributed by atoms with Gasteiger partial charge in [0.2, 0.25) is 0 Å². The fourth-order valence-electron chi connectivity index (χ4n) is 1.98. The number of aliphatic hydroxyl groups excluding tert-OH is 1. The Kier molecular flexibility index (Phi) is 3.16. The van der Waals surface area contributed by atoms with Gasteiger partial charge in [-0.05, 0) is 19.3 Å². The van der Waals surface area contributed by atoms with Crippen LogP contribution in [0.1, 0.15) is 19.3 Å². The van der Waals surface area contributed by atoms with Crippen LogP contribution in [-0.2, 0) is 6.54 Å². The van der Waals surface area contributed by atoms with Crippen LogP contribution in [0.4, 0.5) is 0 Å². The summed E-state index contributed by atoms with van der Waals surface area (Å²) in [7, 11) is 0. The topological polar surface area (TPSA) is 50.1 Å². The zero-order chi connectivity index (χ0) is 9.80. The van der Waals surface area contributed by atoms with E-state index in [1.54, 1.807) is 6.20 Å². The average molecular weight is 195 g/mol. The van der Waals surface area contributed by atoms with Crippen LogP contribution < -0.4 is 5.32 Å². The summed E-state index contributed by atoms with van der Waals surface area (Å²) in [5.41, 5.74) is 0. The van der Waals surface area contributed by atoms with Gasteiger partial charge in [-0.2, -0.15) is 0 Å². The molecule has 0 aliphatic heterocycles. The third-order valence-electron chi connectivity index (χ3n) is 2.82. The van der Waals surface area contributed by atoms with Crippen molar-refractivity contribution in [1.29, 1.82) is 0 Å². The van der Waals surface area contributed by atoms with Crippen LogP contribution in [0.5, 0.6) is 0 Å². The van der Waals surface area contributed by atoms with Gasteiger partial charge in [0.25, 0.3) is 0 Å². The highest BCUT2D eigenvalue weighted by atomic mass is 16.3. The molecule has 2 atom stereocenters. The molecule has 0 amide bonds. The lowest BCUT2D eigenvalue weighted by molar-refractivity contribution is 0.149. The van der Waals surface area contributed by atoms with Crippen LogP contribution in [0.25, 0.3) is 0 Å². The maximum absolute atomic E-state index is 9.56. The Morgan fingerprint density at radius 2 is 2.43 bits per heavy atom. The predicted octanol–water partition coefficient (Wildman–Crippen LogP) is 0.386. The molecule has 1 heterocycles. The normalized spacial score (nSPS) is 26.9. The van der Waals surface area contributed by atoms with Gasteiger partial charge in [0.05, 0.1) is 12.4 Å². The molecule has 4 nitrogen and oxygen atoms in total. The lowest BCUT2D eigenvalue weighted by Crippen LogP contribution is -2.37. The molecule has 0 saturated heterocycles. The van der Waals surface area contributed by atoms with E-state index < -0.39 is 0 Å². The highest BCUT2D eigenvalue weighted by molar-refractivity contribution is 4.83. The van der Waals surface area contributed by atoms with Crippen molar-refractivity contribution < 1.29 is 5.11 Å². The maximum atomic E-state index is 9.56. The molecule has 0 aromatic carbocycles. The monoisotopic (exact) mass is 195 g/mol. The Morgan fingerprint density at radius 3 is 3.07 bits per heavy atom. The molecular formula is C10H17N3O. The summed E-state index contributed by atoms with van der Waals surface area (Å²) in [6.07, 6.45) is 8.60. The summed E-state index contributed by atoms with van der Waals surface area (Å²) in [4.78, 5) is 3.97. The Labute approximate surface area is 84.0 Å². The van der Waals surface area contributed by atoms with Crippen molar-refractivity contribution in [3.63, 3.8) is 0 Å². The number of aliphatic hydroxyl groups is 1. The van der Waals surface area contributed by atoms with E-state index >= 15 is 0 Å². The molecular weight excluding hydrogens is 178 g/mol. The second-order valence-electron chi connectivity index (χ2n) is 3.86. The predicted molar refractivity (Wildman–Crippen MR) is 53.9 cm³/mol. The maximum Gasteiger partial charge on any atom is 0.0946 e. The van der Waals surface area contributed by atoms with Crippen molar-refractivity contribution in [1.82, 2.24) is 14.9 Å². The standard InChI is InChI=1S/C10H17N3O/c14-10-3-1-2-9(10)12-5-7-13-6-4-11-8-13/h4,6,8-10,12,14H,1-3,5,7H2. The highest BCUT2D eigenvalue weighted by Gasteiger charge is 2.23. The number of hydrogen-bond acceptors (Lipinski definition) is 3. The first-order valence-electron chi connectivity index (χ1n) is 5.23. The molecule has 0 bridgehead atoms.